The van der Waals surface area contributed by atoms with Crippen LogP contribution in [0, 0.1) is 0 Å². The van der Waals surface area contributed by atoms with Crippen LogP contribution in [0.3, 0.4) is 0 Å². The Morgan fingerprint density at radius 2 is 2.04 bits per heavy atom. The first-order valence-corrected chi connectivity index (χ1v) is 8.38. The van der Waals surface area contributed by atoms with Crippen molar-refractivity contribution < 1.29 is 4.74 Å². The van der Waals surface area contributed by atoms with Gasteiger partial charge in [0.25, 0.3) is 0 Å². The van der Waals surface area contributed by atoms with Crippen LogP contribution in [0.1, 0.15) is 12.8 Å². The van der Waals surface area contributed by atoms with E-state index in [0.717, 1.165) is 56.2 Å². The minimum Gasteiger partial charge on any atom is -0.490 e. The first kappa shape index (κ1) is 16.0. The number of nitrogens with one attached hydrogen (secondary N) is 1. The average molecular weight is 314 g/mol. The van der Waals surface area contributed by atoms with E-state index in [2.05, 4.69) is 38.9 Å². The first-order valence-electron chi connectivity index (χ1n) is 8.38. The second-order valence-corrected chi connectivity index (χ2v) is 6.16. The van der Waals surface area contributed by atoms with E-state index in [1.165, 1.54) is 0 Å². The van der Waals surface area contributed by atoms with Gasteiger partial charge >= 0.3 is 0 Å². The summed E-state index contributed by atoms with van der Waals surface area (Å²) in [6.45, 7) is 4.02. The number of likely N-dealkylation sites (N-methyl/N-ethyl adjacent to an activating group) is 1. The van der Waals surface area contributed by atoms with Gasteiger partial charge in [0.2, 0.25) is 0 Å². The van der Waals surface area contributed by atoms with Crippen molar-refractivity contribution in [1.82, 2.24) is 19.8 Å². The van der Waals surface area contributed by atoms with Crippen molar-refractivity contribution in [3.63, 3.8) is 0 Å². The third-order valence-electron chi connectivity index (χ3n) is 4.41. The van der Waals surface area contributed by atoms with Gasteiger partial charge < -0.3 is 19.5 Å². The molecule has 1 aromatic heterocycles. The monoisotopic (exact) mass is 314 g/mol. The molecule has 1 saturated heterocycles. The van der Waals surface area contributed by atoms with E-state index < -0.39 is 0 Å². The van der Waals surface area contributed by atoms with Crippen LogP contribution in [0.25, 0.3) is 11.4 Å². The number of benzene rings is 1. The summed E-state index contributed by atoms with van der Waals surface area (Å²) in [4.78, 5) is 6.91. The third kappa shape index (κ3) is 3.92. The molecule has 2 aromatic rings. The molecule has 0 unspecified atom stereocenters. The molecular formula is C18H26N4O. The number of imidazole rings is 1. The summed E-state index contributed by atoms with van der Waals surface area (Å²) in [5.74, 6) is 1.92. The van der Waals surface area contributed by atoms with Crippen LogP contribution in [0.4, 0.5) is 0 Å². The minimum absolute atomic E-state index is 0.299. The fraction of sp³-hybridized carbons (Fsp3) is 0.500. The summed E-state index contributed by atoms with van der Waals surface area (Å²) in [6.07, 6.45) is 6.35. The van der Waals surface area contributed by atoms with Crippen molar-refractivity contribution in [2.75, 3.05) is 33.7 Å². The van der Waals surface area contributed by atoms with Crippen molar-refractivity contribution in [3.05, 3.63) is 36.7 Å². The summed E-state index contributed by atoms with van der Waals surface area (Å²) in [5.41, 5.74) is 1.08. The van der Waals surface area contributed by atoms with Crippen molar-refractivity contribution in [2.45, 2.75) is 25.5 Å². The molecule has 0 aliphatic carbocycles. The van der Waals surface area contributed by atoms with Crippen LogP contribution in [-0.4, -0.2) is 54.3 Å². The predicted molar refractivity (Wildman–Crippen MR) is 92.7 cm³/mol. The van der Waals surface area contributed by atoms with E-state index in [0.29, 0.717) is 6.10 Å². The van der Waals surface area contributed by atoms with Gasteiger partial charge in [-0.25, -0.2) is 4.98 Å². The smallest absolute Gasteiger partial charge is 0.143 e. The van der Waals surface area contributed by atoms with Crippen LogP contribution >= 0.6 is 0 Å². The summed E-state index contributed by atoms with van der Waals surface area (Å²) in [7, 11) is 4.14. The molecule has 0 amide bonds. The number of rotatable bonds is 6. The molecular weight excluding hydrogens is 288 g/mol. The van der Waals surface area contributed by atoms with Gasteiger partial charge in [-0.2, -0.15) is 0 Å². The van der Waals surface area contributed by atoms with Gasteiger partial charge in [-0.1, -0.05) is 12.1 Å². The molecule has 5 heteroatoms. The highest BCUT2D eigenvalue weighted by Gasteiger charge is 2.20. The van der Waals surface area contributed by atoms with Crippen LogP contribution in [0.2, 0.25) is 0 Å². The molecule has 0 radical (unpaired) electrons. The fourth-order valence-corrected chi connectivity index (χ4v) is 3.00. The number of para-hydroxylation sites is 1. The topological polar surface area (TPSA) is 42.3 Å². The Bertz CT molecular complexity index is 617. The highest BCUT2D eigenvalue weighted by atomic mass is 16.5. The molecule has 124 valence electrons. The predicted octanol–water partition coefficient (Wildman–Crippen LogP) is 2.24. The third-order valence-corrected chi connectivity index (χ3v) is 4.41. The van der Waals surface area contributed by atoms with E-state index in [4.69, 9.17) is 4.74 Å². The van der Waals surface area contributed by atoms with Crippen LogP contribution < -0.4 is 10.1 Å². The van der Waals surface area contributed by atoms with Crippen molar-refractivity contribution in [1.29, 1.82) is 0 Å². The summed E-state index contributed by atoms with van der Waals surface area (Å²) >= 11 is 0. The van der Waals surface area contributed by atoms with E-state index in [1.54, 1.807) is 0 Å². The number of piperidine rings is 1. The Morgan fingerprint density at radius 3 is 2.83 bits per heavy atom. The molecule has 1 aliphatic heterocycles. The second kappa shape index (κ2) is 7.62. The van der Waals surface area contributed by atoms with E-state index >= 15 is 0 Å². The van der Waals surface area contributed by atoms with E-state index in [1.807, 2.05) is 31.6 Å². The van der Waals surface area contributed by atoms with Crippen LogP contribution in [0.15, 0.2) is 36.7 Å². The normalized spacial score (nSPS) is 16.6. The number of ether oxygens (including phenoxy) is 1. The maximum Gasteiger partial charge on any atom is 0.143 e. The van der Waals surface area contributed by atoms with Gasteiger partial charge in [0.15, 0.2) is 0 Å². The Labute approximate surface area is 138 Å². The Hall–Kier alpha value is -1.85. The van der Waals surface area contributed by atoms with Gasteiger partial charge in [-0.15, -0.1) is 0 Å². The number of hydrogen-bond acceptors (Lipinski definition) is 4. The van der Waals surface area contributed by atoms with Crippen molar-refractivity contribution in [2.24, 2.45) is 0 Å². The lowest BCUT2D eigenvalue weighted by Crippen LogP contribution is -2.35. The van der Waals surface area contributed by atoms with Crippen molar-refractivity contribution >= 4 is 0 Å². The summed E-state index contributed by atoms with van der Waals surface area (Å²) in [6, 6.07) is 8.25. The van der Waals surface area contributed by atoms with Crippen LogP contribution in [0.5, 0.6) is 5.75 Å². The average Bonchev–Trinajstić information content (AvgIpc) is 3.04. The number of nitrogens with zero attached hydrogens (tertiary/aromatic N) is 3. The molecule has 5 nitrogen and oxygen atoms in total. The molecule has 2 heterocycles. The summed E-state index contributed by atoms with van der Waals surface area (Å²) in [5, 5.41) is 3.18. The Balaban J connectivity index is 1.79. The van der Waals surface area contributed by atoms with Gasteiger partial charge in [0, 0.05) is 38.6 Å². The largest absolute Gasteiger partial charge is 0.490 e. The molecule has 0 spiro atoms. The quantitative estimate of drug-likeness (QED) is 0.888. The zero-order chi connectivity index (χ0) is 16.1. The van der Waals surface area contributed by atoms with E-state index in [-0.39, 0.29) is 0 Å². The van der Waals surface area contributed by atoms with Gasteiger partial charge in [-0.3, -0.25) is 0 Å². The molecule has 0 atom stereocenters. The highest BCUT2D eigenvalue weighted by Crippen LogP contribution is 2.30. The zero-order valence-electron chi connectivity index (χ0n) is 14.0. The highest BCUT2D eigenvalue weighted by molar-refractivity contribution is 5.64. The lowest BCUT2D eigenvalue weighted by Gasteiger charge is -2.29. The maximum atomic E-state index is 6.32. The van der Waals surface area contributed by atoms with Gasteiger partial charge in [0.05, 0.1) is 5.56 Å². The van der Waals surface area contributed by atoms with Crippen LogP contribution in [-0.2, 0) is 6.54 Å². The standard InChI is InChI=1S/C18H26N4O/c1-19-9-13-22-14-10-20-18(22)16-5-3-4-6-17(16)23-15-7-11-21(2)12-8-15/h3-6,10,14-15,19H,7-9,11-13H2,1-2H3. The minimum atomic E-state index is 0.299. The first-order chi connectivity index (χ1) is 11.3. The fourth-order valence-electron chi connectivity index (χ4n) is 3.00. The second-order valence-electron chi connectivity index (χ2n) is 6.16. The lowest BCUT2D eigenvalue weighted by atomic mass is 10.1. The summed E-state index contributed by atoms with van der Waals surface area (Å²) < 4.78 is 8.50. The molecule has 1 fully saturated rings. The lowest BCUT2D eigenvalue weighted by molar-refractivity contribution is 0.115. The molecule has 0 saturated carbocycles. The Kier molecular flexibility index (Phi) is 5.31. The number of aromatic nitrogens is 2. The van der Waals surface area contributed by atoms with Crippen molar-refractivity contribution in [3.8, 4) is 17.1 Å². The zero-order valence-corrected chi connectivity index (χ0v) is 14.0. The van der Waals surface area contributed by atoms with Gasteiger partial charge in [0.1, 0.15) is 17.7 Å². The molecule has 1 aromatic carbocycles. The number of hydrogen-bond donors (Lipinski definition) is 1. The van der Waals surface area contributed by atoms with E-state index in [9.17, 15) is 0 Å². The molecule has 3 rings (SSSR count). The van der Waals surface area contributed by atoms with Gasteiger partial charge in [-0.05, 0) is 39.1 Å². The molecule has 1 N–H and O–H groups in total. The Morgan fingerprint density at radius 1 is 1.26 bits per heavy atom. The maximum absolute atomic E-state index is 6.32. The number of likely N-dealkylation sites (tertiary alicyclic amines) is 1. The molecule has 1 aliphatic rings. The molecule has 23 heavy (non-hydrogen) atoms. The SMILES string of the molecule is CNCCn1ccnc1-c1ccccc1OC1CCN(C)CC1. The molecule has 0 bridgehead atoms.